The van der Waals surface area contributed by atoms with Crippen LogP contribution in [0.15, 0.2) is 63.2 Å². The summed E-state index contributed by atoms with van der Waals surface area (Å²) in [6.45, 7) is 0. The molecule has 3 rings (SSSR count). The van der Waals surface area contributed by atoms with Crippen molar-refractivity contribution in [2.45, 2.75) is 0 Å². The number of hydrogen-bond acceptors (Lipinski definition) is 9. The molecule has 0 bridgehead atoms. The standard InChI is InChI=1S/C19H16N6O7/c1-22-17(26)15(18(27)23(2)19(22)28)16(11-6-4-3-5-7-11)21-20-13-9-8-12(24(29)30)10-14(13)25(31)32/h3-10,20,26H,1-2H3/b21-16-. The van der Waals surface area contributed by atoms with Crippen LogP contribution >= 0.6 is 0 Å². The van der Waals surface area contributed by atoms with Gasteiger partial charge in [0.05, 0.1) is 15.9 Å². The Morgan fingerprint density at radius 1 is 1.00 bits per heavy atom. The van der Waals surface area contributed by atoms with Crippen molar-refractivity contribution in [2.75, 3.05) is 5.43 Å². The fourth-order valence-corrected chi connectivity index (χ4v) is 2.90. The molecule has 0 unspecified atom stereocenters. The fraction of sp³-hybridized carbons (Fsp3) is 0.105. The SMILES string of the molecule is Cn1c(O)c(/C(=N\Nc2ccc([N+](=O)[O-])cc2[N+](=O)[O-])c2ccccc2)c(=O)n(C)c1=O. The van der Waals surface area contributed by atoms with Gasteiger partial charge in [0.1, 0.15) is 17.0 Å². The van der Waals surface area contributed by atoms with Gasteiger partial charge in [-0.1, -0.05) is 30.3 Å². The summed E-state index contributed by atoms with van der Waals surface area (Å²) in [6.07, 6.45) is 0. The molecule has 1 heterocycles. The van der Waals surface area contributed by atoms with Crippen LogP contribution in [0.25, 0.3) is 0 Å². The van der Waals surface area contributed by atoms with Gasteiger partial charge in [-0.3, -0.25) is 39.6 Å². The van der Waals surface area contributed by atoms with Gasteiger partial charge in [-0.05, 0) is 6.07 Å². The third-order valence-electron chi connectivity index (χ3n) is 4.59. The maximum absolute atomic E-state index is 12.8. The van der Waals surface area contributed by atoms with Crippen molar-refractivity contribution >= 4 is 22.8 Å². The fourth-order valence-electron chi connectivity index (χ4n) is 2.90. The summed E-state index contributed by atoms with van der Waals surface area (Å²) >= 11 is 0. The molecule has 3 aromatic rings. The molecule has 1 aromatic heterocycles. The van der Waals surface area contributed by atoms with Crippen LogP contribution in [0.3, 0.4) is 0 Å². The highest BCUT2D eigenvalue weighted by Gasteiger charge is 2.23. The van der Waals surface area contributed by atoms with Gasteiger partial charge in [0.25, 0.3) is 11.2 Å². The smallest absolute Gasteiger partial charge is 0.333 e. The number of anilines is 1. The maximum atomic E-state index is 12.8. The molecule has 0 radical (unpaired) electrons. The van der Waals surface area contributed by atoms with E-state index < -0.39 is 38.4 Å². The molecule has 0 aliphatic heterocycles. The third kappa shape index (κ3) is 3.94. The zero-order chi connectivity index (χ0) is 23.6. The van der Waals surface area contributed by atoms with E-state index in [0.717, 1.165) is 27.3 Å². The number of hydrazone groups is 1. The molecule has 0 atom stereocenters. The maximum Gasteiger partial charge on any atom is 0.333 e. The number of nitrogens with one attached hydrogen (secondary N) is 1. The van der Waals surface area contributed by atoms with E-state index in [2.05, 4.69) is 10.5 Å². The van der Waals surface area contributed by atoms with Crippen molar-refractivity contribution in [1.29, 1.82) is 0 Å². The highest BCUT2D eigenvalue weighted by atomic mass is 16.6. The van der Waals surface area contributed by atoms with E-state index in [4.69, 9.17) is 0 Å². The Hall–Kier alpha value is -4.81. The molecule has 164 valence electrons. The highest BCUT2D eigenvalue weighted by molar-refractivity contribution is 6.14. The topological polar surface area (TPSA) is 175 Å². The number of non-ortho nitro benzene ring substituents is 1. The average Bonchev–Trinajstić information content (AvgIpc) is 2.78. The summed E-state index contributed by atoms with van der Waals surface area (Å²) in [7, 11) is 2.49. The Kier molecular flexibility index (Phi) is 5.82. The molecule has 0 fully saturated rings. The minimum Gasteiger partial charge on any atom is -0.494 e. The zero-order valence-corrected chi connectivity index (χ0v) is 16.8. The number of hydrogen-bond donors (Lipinski definition) is 2. The largest absolute Gasteiger partial charge is 0.494 e. The van der Waals surface area contributed by atoms with Crippen molar-refractivity contribution in [2.24, 2.45) is 19.2 Å². The number of nitro groups is 2. The van der Waals surface area contributed by atoms with Gasteiger partial charge >= 0.3 is 11.4 Å². The lowest BCUT2D eigenvalue weighted by Gasteiger charge is -2.13. The van der Waals surface area contributed by atoms with Crippen LogP contribution in [0.5, 0.6) is 5.88 Å². The molecule has 0 amide bonds. The zero-order valence-electron chi connectivity index (χ0n) is 16.8. The van der Waals surface area contributed by atoms with E-state index in [9.17, 15) is 34.9 Å². The van der Waals surface area contributed by atoms with Crippen LogP contribution in [-0.4, -0.2) is 29.8 Å². The Morgan fingerprint density at radius 3 is 2.25 bits per heavy atom. The molecule has 0 aliphatic rings. The number of aromatic nitrogens is 2. The molecule has 2 aromatic carbocycles. The lowest BCUT2D eigenvalue weighted by Crippen LogP contribution is -2.40. The first kappa shape index (κ1) is 21.9. The average molecular weight is 440 g/mol. The van der Waals surface area contributed by atoms with Crippen molar-refractivity contribution in [3.8, 4) is 5.88 Å². The van der Waals surface area contributed by atoms with Gasteiger partial charge in [0.15, 0.2) is 0 Å². The normalized spacial score (nSPS) is 11.2. The first-order valence-corrected chi connectivity index (χ1v) is 8.94. The summed E-state index contributed by atoms with van der Waals surface area (Å²) in [5.74, 6) is -0.652. The number of benzene rings is 2. The van der Waals surface area contributed by atoms with E-state index in [-0.39, 0.29) is 17.0 Å². The highest BCUT2D eigenvalue weighted by Crippen LogP contribution is 2.29. The van der Waals surface area contributed by atoms with Crippen LogP contribution < -0.4 is 16.7 Å². The Labute approximate surface area is 178 Å². The molecule has 0 aliphatic carbocycles. The van der Waals surface area contributed by atoms with Crippen molar-refractivity contribution < 1.29 is 15.0 Å². The van der Waals surface area contributed by atoms with E-state index in [1.165, 1.54) is 14.1 Å². The first-order valence-electron chi connectivity index (χ1n) is 8.94. The van der Waals surface area contributed by atoms with E-state index in [1.54, 1.807) is 30.3 Å². The van der Waals surface area contributed by atoms with Crippen LogP contribution in [0, 0.1) is 20.2 Å². The Balaban J connectivity index is 2.24. The number of rotatable bonds is 6. The molecule has 0 saturated carbocycles. The minimum atomic E-state index is -0.840. The van der Waals surface area contributed by atoms with Gasteiger partial charge in [-0.15, -0.1) is 0 Å². The molecule has 2 N–H and O–H groups in total. The van der Waals surface area contributed by atoms with E-state index in [0.29, 0.717) is 5.56 Å². The summed E-state index contributed by atoms with van der Waals surface area (Å²) < 4.78 is 1.63. The summed E-state index contributed by atoms with van der Waals surface area (Å²) in [6, 6.07) is 11.1. The van der Waals surface area contributed by atoms with Gasteiger partial charge in [-0.2, -0.15) is 5.10 Å². The monoisotopic (exact) mass is 440 g/mol. The predicted octanol–water partition coefficient (Wildman–Crippen LogP) is 1.47. The second-order valence-electron chi connectivity index (χ2n) is 6.56. The molecule has 0 saturated heterocycles. The minimum absolute atomic E-state index is 0.105. The van der Waals surface area contributed by atoms with Gasteiger partial charge in [-0.25, -0.2) is 4.79 Å². The predicted molar refractivity (Wildman–Crippen MR) is 114 cm³/mol. The summed E-state index contributed by atoms with van der Waals surface area (Å²) in [5, 5.41) is 36.9. The van der Waals surface area contributed by atoms with Crippen molar-refractivity contribution in [3.63, 3.8) is 0 Å². The summed E-state index contributed by atoms with van der Waals surface area (Å²) in [4.78, 5) is 45.6. The van der Waals surface area contributed by atoms with Gasteiger partial charge in [0.2, 0.25) is 5.88 Å². The van der Waals surface area contributed by atoms with Crippen LogP contribution in [0.4, 0.5) is 17.1 Å². The third-order valence-corrected chi connectivity index (χ3v) is 4.59. The van der Waals surface area contributed by atoms with Crippen LogP contribution in [-0.2, 0) is 14.1 Å². The number of aromatic hydroxyl groups is 1. The molecule has 13 heteroatoms. The molecule has 13 nitrogen and oxygen atoms in total. The second kappa shape index (κ2) is 8.51. The van der Waals surface area contributed by atoms with Crippen LogP contribution in [0.1, 0.15) is 11.1 Å². The van der Waals surface area contributed by atoms with Crippen LogP contribution in [0.2, 0.25) is 0 Å². The Morgan fingerprint density at radius 2 is 1.66 bits per heavy atom. The van der Waals surface area contributed by atoms with E-state index in [1.807, 2.05) is 0 Å². The molecule has 0 spiro atoms. The quantitative estimate of drug-likeness (QED) is 0.329. The molecular weight excluding hydrogens is 424 g/mol. The number of nitrogens with zero attached hydrogens (tertiary/aromatic N) is 5. The second-order valence-corrected chi connectivity index (χ2v) is 6.56. The van der Waals surface area contributed by atoms with Crippen molar-refractivity contribution in [3.05, 3.63) is 101 Å². The summed E-state index contributed by atoms with van der Waals surface area (Å²) in [5.41, 5.74) is -0.517. The number of nitro benzene ring substituents is 2. The lowest BCUT2D eigenvalue weighted by molar-refractivity contribution is -0.393. The lowest BCUT2D eigenvalue weighted by atomic mass is 10.0. The molecule has 32 heavy (non-hydrogen) atoms. The van der Waals surface area contributed by atoms with E-state index >= 15 is 0 Å². The first-order chi connectivity index (χ1) is 15.1. The van der Waals surface area contributed by atoms with Gasteiger partial charge < -0.3 is 5.11 Å². The molecular formula is C19H16N6O7. The van der Waals surface area contributed by atoms with Gasteiger partial charge in [0, 0.05) is 25.7 Å². The Bertz CT molecular complexity index is 1380. The van der Waals surface area contributed by atoms with Crippen molar-refractivity contribution in [1.82, 2.24) is 9.13 Å².